The van der Waals surface area contributed by atoms with E-state index in [1.807, 2.05) is 12.1 Å². The SMILES string of the molecule is CCN(CC)[C@@H]1CCc2c(O)cccc2[C@@H]1C. The fraction of sp³-hybridized carbons (Fsp3) is 0.600. The molecule has 1 aromatic rings. The zero-order valence-corrected chi connectivity index (χ0v) is 11.1. The monoisotopic (exact) mass is 233 g/mol. The minimum atomic E-state index is 0.479. The summed E-state index contributed by atoms with van der Waals surface area (Å²) in [6.45, 7) is 8.97. The van der Waals surface area contributed by atoms with E-state index in [-0.39, 0.29) is 0 Å². The van der Waals surface area contributed by atoms with Crippen molar-refractivity contribution in [3.8, 4) is 5.75 Å². The van der Waals surface area contributed by atoms with Gasteiger partial charge in [0.2, 0.25) is 0 Å². The summed E-state index contributed by atoms with van der Waals surface area (Å²) >= 11 is 0. The predicted octanol–water partition coefficient (Wildman–Crippen LogP) is 3.15. The molecule has 0 fully saturated rings. The first-order valence-corrected chi connectivity index (χ1v) is 6.73. The number of aromatic hydroxyl groups is 1. The zero-order valence-electron chi connectivity index (χ0n) is 11.1. The average molecular weight is 233 g/mol. The fourth-order valence-electron chi connectivity index (χ4n) is 3.23. The Morgan fingerprint density at radius 2 is 2.00 bits per heavy atom. The number of rotatable bonds is 3. The van der Waals surface area contributed by atoms with E-state index in [0.29, 0.717) is 17.7 Å². The van der Waals surface area contributed by atoms with Crippen LogP contribution in [0.5, 0.6) is 5.75 Å². The smallest absolute Gasteiger partial charge is 0.119 e. The minimum Gasteiger partial charge on any atom is -0.508 e. The van der Waals surface area contributed by atoms with Gasteiger partial charge in [0.1, 0.15) is 5.75 Å². The Kier molecular flexibility index (Phi) is 3.72. The van der Waals surface area contributed by atoms with Gasteiger partial charge in [-0.2, -0.15) is 0 Å². The van der Waals surface area contributed by atoms with Crippen LogP contribution in [0.4, 0.5) is 0 Å². The molecule has 0 saturated carbocycles. The Morgan fingerprint density at radius 3 is 2.65 bits per heavy atom. The molecule has 0 spiro atoms. The third-order valence-electron chi connectivity index (χ3n) is 4.23. The third-order valence-corrected chi connectivity index (χ3v) is 4.23. The van der Waals surface area contributed by atoms with Crippen LogP contribution in [-0.4, -0.2) is 29.1 Å². The topological polar surface area (TPSA) is 23.5 Å². The summed E-state index contributed by atoms with van der Waals surface area (Å²) in [5.41, 5.74) is 2.51. The minimum absolute atomic E-state index is 0.479. The van der Waals surface area contributed by atoms with Crippen molar-refractivity contribution in [2.45, 2.75) is 45.6 Å². The maximum Gasteiger partial charge on any atom is 0.119 e. The molecule has 0 aliphatic heterocycles. The number of likely N-dealkylation sites (N-methyl/N-ethyl adjacent to an activating group) is 1. The molecule has 17 heavy (non-hydrogen) atoms. The Hall–Kier alpha value is -1.02. The van der Waals surface area contributed by atoms with Crippen LogP contribution in [0.2, 0.25) is 0 Å². The second kappa shape index (κ2) is 5.09. The molecule has 0 bridgehead atoms. The number of phenolic OH excluding ortho intramolecular Hbond substituents is 1. The Labute approximate surface area is 104 Å². The van der Waals surface area contributed by atoms with E-state index in [1.54, 1.807) is 0 Å². The van der Waals surface area contributed by atoms with E-state index in [0.717, 1.165) is 25.9 Å². The molecule has 0 aromatic heterocycles. The summed E-state index contributed by atoms with van der Waals surface area (Å²) in [6, 6.07) is 6.58. The van der Waals surface area contributed by atoms with Gasteiger partial charge in [0.25, 0.3) is 0 Å². The lowest BCUT2D eigenvalue weighted by Gasteiger charge is -2.38. The molecular weight excluding hydrogens is 210 g/mol. The van der Waals surface area contributed by atoms with E-state index in [2.05, 4.69) is 31.7 Å². The van der Waals surface area contributed by atoms with Gasteiger partial charge in [0.05, 0.1) is 0 Å². The van der Waals surface area contributed by atoms with E-state index in [9.17, 15) is 5.11 Å². The standard InChI is InChI=1S/C15H23NO/c1-4-16(5-2)14-10-9-13-12(11(14)3)7-6-8-15(13)17/h6-8,11,14,17H,4-5,9-10H2,1-3H3/t11-,14+/m0/s1. The van der Waals surface area contributed by atoms with Crippen molar-refractivity contribution in [1.29, 1.82) is 0 Å². The van der Waals surface area contributed by atoms with E-state index < -0.39 is 0 Å². The summed E-state index contributed by atoms with van der Waals surface area (Å²) in [7, 11) is 0. The second-order valence-corrected chi connectivity index (χ2v) is 4.96. The number of phenols is 1. The molecule has 0 unspecified atom stereocenters. The molecule has 0 amide bonds. The van der Waals surface area contributed by atoms with Crippen molar-refractivity contribution >= 4 is 0 Å². The van der Waals surface area contributed by atoms with Crippen LogP contribution in [0.1, 0.15) is 44.2 Å². The van der Waals surface area contributed by atoms with Crippen molar-refractivity contribution in [1.82, 2.24) is 4.90 Å². The van der Waals surface area contributed by atoms with Crippen LogP contribution in [-0.2, 0) is 6.42 Å². The lowest BCUT2D eigenvalue weighted by Crippen LogP contribution is -2.41. The van der Waals surface area contributed by atoms with Crippen LogP contribution in [0.15, 0.2) is 18.2 Å². The zero-order chi connectivity index (χ0) is 12.4. The van der Waals surface area contributed by atoms with E-state index in [4.69, 9.17) is 0 Å². The fourth-order valence-corrected chi connectivity index (χ4v) is 3.23. The Balaban J connectivity index is 2.30. The maximum atomic E-state index is 9.90. The molecule has 94 valence electrons. The van der Waals surface area contributed by atoms with Crippen molar-refractivity contribution < 1.29 is 5.11 Å². The summed E-state index contributed by atoms with van der Waals surface area (Å²) in [4.78, 5) is 2.54. The van der Waals surface area contributed by atoms with Crippen LogP contribution in [0.25, 0.3) is 0 Å². The largest absolute Gasteiger partial charge is 0.508 e. The van der Waals surface area contributed by atoms with Crippen molar-refractivity contribution in [2.24, 2.45) is 0 Å². The molecule has 0 saturated heterocycles. The highest BCUT2D eigenvalue weighted by Gasteiger charge is 2.30. The van der Waals surface area contributed by atoms with Gasteiger partial charge in [0.15, 0.2) is 0 Å². The van der Waals surface area contributed by atoms with Crippen LogP contribution >= 0.6 is 0 Å². The lowest BCUT2D eigenvalue weighted by atomic mass is 9.79. The van der Waals surface area contributed by atoms with Gasteiger partial charge >= 0.3 is 0 Å². The number of nitrogens with zero attached hydrogens (tertiary/aromatic N) is 1. The first-order chi connectivity index (χ1) is 8.19. The van der Waals surface area contributed by atoms with Crippen LogP contribution in [0, 0.1) is 0 Å². The highest BCUT2D eigenvalue weighted by atomic mass is 16.3. The van der Waals surface area contributed by atoms with Gasteiger partial charge in [-0.25, -0.2) is 0 Å². The highest BCUT2D eigenvalue weighted by Crippen LogP contribution is 2.37. The highest BCUT2D eigenvalue weighted by molar-refractivity contribution is 5.43. The van der Waals surface area contributed by atoms with Crippen molar-refractivity contribution in [2.75, 3.05) is 13.1 Å². The molecule has 2 rings (SSSR count). The quantitative estimate of drug-likeness (QED) is 0.867. The lowest BCUT2D eigenvalue weighted by molar-refractivity contribution is 0.175. The molecule has 1 N–H and O–H groups in total. The van der Waals surface area contributed by atoms with E-state index in [1.165, 1.54) is 11.1 Å². The second-order valence-electron chi connectivity index (χ2n) is 4.96. The molecule has 1 aliphatic rings. The molecule has 2 heteroatoms. The maximum absolute atomic E-state index is 9.90. The van der Waals surface area contributed by atoms with Gasteiger partial charge in [-0.3, -0.25) is 0 Å². The van der Waals surface area contributed by atoms with Gasteiger partial charge in [-0.05, 0) is 49.0 Å². The van der Waals surface area contributed by atoms with Gasteiger partial charge in [-0.15, -0.1) is 0 Å². The van der Waals surface area contributed by atoms with Crippen LogP contribution in [0.3, 0.4) is 0 Å². The van der Waals surface area contributed by atoms with Crippen molar-refractivity contribution in [3.05, 3.63) is 29.3 Å². The number of fused-ring (bicyclic) bond motifs is 1. The Morgan fingerprint density at radius 1 is 1.29 bits per heavy atom. The van der Waals surface area contributed by atoms with E-state index >= 15 is 0 Å². The first-order valence-electron chi connectivity index (χ1n) is 6.73. The number of hydrogen-bond acceptors (Lipinski definition) is 2. The Bertz CT molecular complexity index is 385. The third kappa shape index (κ3) is 2.19. The van der Waals surface area contributed by atoms with Gasteiger partial charge in [0, 0.05) is 6.04 Å². The molecule has 2 nitrogen and oxygen atoms in total. The normalized spacial score (nSPS) is 23.8. The van der Waals surface area contributed by atoms with Crippen LogP contribution < -0.4 is 0 Å². The average Bonchev–Trinajstić information content (AvgIpc) is 2.34. The summed E-state index contributed by atoms with van der Waals surface area (Å²) in [5.74, 6) is 0.998. The molecule has 1 aliphatic carbocycles. The molecule has 2 atom stereocenters. The number of hydrogen-bond donors (Lipinski definition) is 1. The molecule has 1 aromatic carbocycles. The summed E-state index contributed by atoms with van der Waals surface area (Å²) < 4.78 is 0. The molecule has 0 heterocycles. The molecule has 0 radical (unpaired) electrons. The summed E-state index contributed by atoms with van der Waals surface area (Å²) in [6.07, 6.45) is 2.17. The first kappa shape index (κ1) is 12.4. The van der Waals surface area contributed by atoms with Gasteiger partial charge in [-0.1, -0.05) is 32.9 Å². The van der Waals surface area contributed by atoms with Gasteiger partial charge < -0.3 is 10.0 Å². The predicted molar refractivity (Wildman–Crippen MR) is 71.6 cm³/mol. The molecular formula is C15H23NO. The number of benzene rings is 1. The van der Waals surface area contributed by atoms with Crippen molar-refractivity contribution in [3.63, 3.8) is 0 Å². The summed E-state index contributed by atoms with van der Waals surface area (Å²) in [5, 5.41) is 9.90.